The summed E-state index contributed by atoms with van der Waals surface area (Å²) in [6.07, 6.45) is 1.65. The average Bonchev–Trinajstić information content (AvgIpc) is 2.61. The number of imidazole rings is 1. The van der Waals surface area contributed by atoms with Gasteiger partial charge in [0.2, 0.25) is 5.95 Å². The zero-order valence-corrected chi connectivity index (χ0v) is 8.87. The molecule has 0 bridgehead atoms. The van der Waals surface area contributed by atoms with Crippen LogP contribution >= 0.6 is 0 Å². The van der Waals surface area contributed by atoms with E-state index in [-0.39, 0.29) is 11.9 Å². The van der Waals surface area contributed by atoms with Crippen LogP contribution in [-0.2, 0) is 6.54 Å². The van der Waals surface area contributed by atoms with Gasteiger partial charge in [0.25, 0.3) is 0 Å². The first kappa shape index (κ1) is 10.1. The van der Waals surface area contributed by atoms with E-state index in [1.54, 1.807) is 12.3 Å². The highest BCUT2D eigenvalue weighted by atomic mass is 19.1. The van der Waals surface area contributed by atoms with Gasteiger partial charge in [-0.3, -0.25) is 4.40 Å². The van der Waals surface area contributed by atoms with Gasteiger partial charge in [0.1, 0.15) is 5.65 Å². The summed E-state index contributed by atoms with van der Waals surface area (Å²) in [5.41, 5.74) is 7.47. The normalized spacial score (nSPS) is 11.5. The van der Waals surface area contributed by atoms with E-state index >= 15 is 0 Å². The third-order valence-corrected chi connectivity index (χ3v) is 2.48. The first-order valence-corrected chi connectivity index (χ1v) is 5.00. The van der Waals surface area contributed by atoms with Gasteiger partial charge >= 0.3 is 0 Å². The Morgan fingerprint density at radius 3 is 2.80 bits per heavy atom. The molecule has 2 heterocycles. The van der Waals surface area contributed by atoms with E-state index in [2.05, 4.69) is 4.98 Å². The van der Waals surface area contributed by atoms with Gasteiger partial charge in [-0.15, -0.1) is 0 Å². The van der Waals surface area contributed by atoms with Crippen molar-refractivity contribution in [2.24, 2.45) is 5.73 Å². The Morgan fingerprint density at radius 2 is 2.20 bits per heavy atom. The van der Waals surface area contributed by atoms with Crippen LogP contribution in [0.3, 0.4) is 0 Å². The van der Waals surface area contributed by atoms with Gasteiger partial charge in [-0.2, -0.15) is 4.39 Å². The lowest BCUT2D eigenvalue weighted by Gasteiger charge is -2.07. The summed E-state index contributed by atoms with van der Waals surface area (Å²) in [4.78, 5) is 4.19. The summed E-state index contributed by atoms with van der Waals surface area (Å²) in [5, 5.41) is 0. The Hall–Kier alpha value is -1.42. The summed E-state index contributed by atoms with van der Waals surface area (Å²) < 4.78 is 15.4. The van der Waals surface area contributed by atoms with E-state index in [1.165, 1.54) is 4.40 Å². The van der Waals surface area contributed by atoms with Crippen molar-refractivity contribution in [2.75, 3.05) is 0 Å². The third-order valence-electron chi connectivity index (χ3n) is 2.48. The molecule has 3 nitrogen and oxygen atoms in total. The maximum atomic E-state index is 14.0. The van der Waals surface area contributed by atoms with Crippen molar-refractivity contribution in [3.8, 4) is 0 Å². The molecule has 2 aromatic rings. The highest BCUT2D eigenvalue weighted by molar-refractivity contribution is 5.42. The van der Waals surface area contributed by atoms with Crippen molar-refractivity contribution in [2.45, 2.75) is 26.3 Å². The molecule has 0 aliphatic rings. The molecule has 2 aromatic heterocycles. The van der Waals surface area contributed by atoms with Crippen LogP contribution < -0.4 is 5.73 Å². The second-order valence-corrected chi connectivity index (χ2v) is 3.90. The van der Waals surface area contributed by atoms with Crippen molar-refractivity contribution in [3.05, 3.63) is 35.5 Å². The monoisotopic (exact) mass is 207 g/mol. The lowest BCUT2D eigenvalue weighted by atomic mass is 10.1. The first-order chi connectivity index (χ1) is 7.13. The van der Waals surface area contributed by atoms with Crippen molar-refractivity contribution in [1.82, 2.24) is 9.38 Å². The molecular formula is C11H14FN3. The average molecular weight is 207 g/mol. The van der Waals surface area contributed by atoms with E-state index in [9.17, 15) is 4.39 Å². The maximum Gasteiger partial charge on any atom is 0.202 e. The van der Waals surface area contributed by atoms with Crippen molar-refractivity contribution in [1.29, 1.82) is 0 Å². The number of rotatable bonds is 2. The van der Waals surface area contributed by atoms with Crippen LogP contribution in [0.15, 0.2) is 18.3 Å². The number of nitrogens with zero attached hydrogens (tertiary/aromatic N) is 2. The van der Waals surface area contributed by atoms with Crippen LogP contribution in [0.4, 0.5) is 4.39 Å². The Kier molecular flexibility index (Phi) is 2.44. The molecule has 80 valence electrons. The molecule has 4 heteroatoms. The molecule has 15 heavy (non-hydrogen) atoms. The fourth-order valence-electron chi connectivity index (χ4n) is 1.62. The van der Waals surface area contributed by atoms with Crippen LogP contribution in [-0.4, -0.2) is 9.38 Å². The van der Waals surface area contributed by atoms with Crippen molar-refractivity contribution in [3.63, 3.8) is 0 Å². The first-order valence-electron chi connectivity index (χ1n) is 5.00. The van der Waals surface area contributed by atoms with Gasteiger partial charge < -0.3 is 5.73 Å². The molecule has 0 fully saturated rings. The largest absolute Gasteiger partial charge is 0.325 e. The highest BCUT2D eigenvalue weighted by Crippen LogP contribution is 2.20. The fraction of sp³-hybridized carbons (Fsp3) is 0.364. The molecule has 2 N–H and O–H groups in total. The quantitative estimate of drug-likeness (QED) is 0.766. The van der Waals surface area contributed by atoms with Crippen LogP contribution in [0.2, 0.25) is 0 Å². The second kappa shape index (κ2) is 3.62. The molecule has 0 saturated heterocycles. The van der Waals surface area contributed by atoms with Gasteiger partial charge in [0.05, 0.1) is 5.69 Å². The predicted molar refractivity (Wildman–Crippen MR) is 57.1 cm³/mol. The van der Waals surface area contributed by atoms with Crippen LogP contribution in [0, 0.1) is 5.95 Å². The predicted octanol–water partition coefficient (Wildman–Crippen LogP) is 2.06. The summed E-state index contributed by atoms with van der Waals surface area (Å²) in [6.45, 7) is 4.26. The Bertz CT molecular complexity index is 488. The molecule has 0 aliphatic heterocycles. The minimum Gasteiger partial charge on any atom is -0.325 e. The molecule has 0 spiro atoms. The molecule has 0 unspecified atom stereocenters. The molecule has 0 amide bonds. The minimum atomic E-state index is -0.241. The van der Waals surface area contributed by atoms with E-state index in [1.807, 2.05) is 19.9 Å². The smallest absolute Gasteiger partial charge is 0.202 e. The summed E-state index contributed by atoms with van der Waals surface area (Å²) >= 11 is 0. The number of hydrogen-bond acceptors (Lipinski definition) is 2. The summed E-state index contributed by atoms with van der Waals surface area (Å²) in [5.74, 6) is -0.0761. The molecule has 0 atom stereocenters. The lowest BCUT2D eigenvalue weighted by molar-refractivity contribution is 0.542. The van der Waals surface area contributed by atoms with E-state index in [4.69, 9.17) is 5.73 Å². The van der Waals surface area contributed by atoms with E-state index in [0.717, 1.165) is 0 Å². The Balaban J connectivity index is 2.67. The summed E-state index contributed by atoms with van der Waals surface area (Å²) in [7, 11) is 0. The molecule has 2 rings (SSSR count). The van der Waals surface area contributed by atoms with E-state index in [0.29, 0.717) is 23.4 Å². The van der Waals surface area contributed by atoms with Crippen molar-refractivity contribution < 1.29 is 4.39 Å². The topological polar surface area (TPSA) is 43.3 Å². The fourth-order valence-corrected chi connectivity index (χ4v) is 1.62. The Labute approximate surface area is 87.7 Å². The maximum absolute atomic E-state index is 14.0. The Morgan fingerprint density at radius 1 is 1.47 bits per heavy atom. The van der Waals surface area contributed by atoms with Gasteiger partial charge in [-0.25, -0.2) is 4.98 Å². The second-order valence-electron chi connectivity index (χ2n) is 3.90. The molecular weight excluding hydrogens is 193 g/mol. The minimum absolute atomic E-state index is 0.165. The van der Waals surface area contributed by atoms with E-state index < -0.39 is 0 Å². The van der Waals surface area contributed by atoms with Gasteiger partial charge in [0.15, 0.2) is 0 Å². The number of pyridine rings is 1. The van der Waals surface area contributed by atoms with Crippen molar-refractivity contribution >= 4 is 5.65 Å². The van der Waals surface area contributed by atoms with Crippen LogP contribution in [0.1, 0.15) is 31.0 Å². The van der Waals surface area contributed by atoms with Gasteiger partial charge in [-0.1, -0.05) is 19.9 Å². The number of nitrogens with two attached hydrogens (primary N) is 1. The molecule has 0 radical (unpaired) electrons. The molecule has 0 aromatic carbocycles. The standard InChI is InChI=1S/C11H14FN3/c1-7(2)9-3-4-10-14-8(5-13)6-15(10)11(9)12/h3-4,6-7H,5,13H2,1-2H3. The number of halogens is 1. The zero-order chi connectivity index (χ0) is 11.0. The molecule has 0 saturated carbocycles. The third kappa shape index (κ3) is 1.61. The SMILES string of the molecule is CC(C)c1ccc2nc(CN)cn2c1F. The van der Waals surface area contributed by atoms with Gasteiger partial charge in [0, 0.05) is 18.3 Å². The highest BCUT2D eigenvalue weighted by Gasteiger charge is 2.11. The molecule has 0 aliphatic carbocycles. The van der Waals surface area contributed by atoms with Crippen LogP contribution in [0.5, 0.6) is 0 Å². The number of aromatic nitrogens is 2. The zero-order valence-electron chi connectivity index (χ0n) is 8.87. The number of hydrogen-bond donors (Lipinski definition) is 1. The lowest BCUT2D eigenvalue weighted by Crippen LogP contribution is -2.00. The van der Waals surface area contributed by atoms with Crippen LogP contribution in [0.25, 0.3) is 5.65 Å². The van der Waals surface area contributed by atoms with Gasteiger partial charge in [-0.05, 0) is 12.0 Å². The summed E-state index contributed by atoms with van der Waals surface area (Å²) in [6, 6.07) is 3.60. The number of fused-ring (bicyclic) bond motifs is 1.